The molecule has 2 N–H and O–H groups in total. The number of ether oxygens (including phenoxy) is 1. The lowest BCUT2D eigenvalue weighted by molar-refractivity contribution is -0.137. The number of nitrogens with zero attached hydrogens (tertiary/aromatic N) is 7. The summed E-state index contributed by atoms with van der Waals surface area (Å²) in [4.78, 5) is 34.3. The van der Waals surface area contributed by atoms with Gasteiger partial charge in [0, 0.05) is 48.4 Å². The average Bonchev–Trinajstić information content (AvgIpc) is 3.78. The van der Waals surface area contributed by atoms with Gasteiger partial charge in [-0.2, -0.15) is 10.2 Å². The van der Waals surface area contributed by atoms with Crippen LogP contribution in [0, 0.1) is 0 Å². The molecule has 11 nitrogen and oxygen atoms in total. The molecule has 2 saturated heterocycles. The van der Waals surface area contributed by atoms with Crippen LogP contribution in [0.5, 0.6) is 0 Å². The summed E-state index contributed by atoms with van der Waals surface area (Å²) in [5.41, 5.74) is 11.7. The molecule has 2 aliphatic rings. The van der Waals surface area contributed by atoms with Crippen LogP contribution in [0.4, 0.5) is 10.6 Å². The molecule has 0 saturated carbocycles. The summed E-state index contributed by atoms with van der Waals surface area (Å²) in [6.07, 6.45) is 6.17. The molecule has 2 fully saturated rings. The van der Waals surface area contributed by atoms with Crippen molar-refractivity contribution in [1.29, 1.82) is 0 Å². The highest BCUT2D eigenvalue weighted by Gasteiger charge is 2.40. The minimum absolute atomic E-state index is 0.00842. The first-order valence-electron chi connectivity index (χ1n) is 16.1. The minimum atomic E-state index is -0.604. The lowest BCUT2D eigenvalue weighted by Gasteiger charge is -2.35. The van der Waals surface area contributed by atoms with Gasteiger partial charge >= 0.3 is 6.09 Å². The number of rotatable bonds is 5. The topological polar surface area (TPSA) is 124 Å². The molecule has 11 heteroatoms. The normalized spacial score (nSPS) is 17.7. The zero-order chi connectivity index (χ0) is 32.0. The lowest BCUT2D eigenvalue weighted by atomic mass is 9.92. The Morgan fingerprint density at radius 3 is 2.54 bits per heavy atom. The van der Waals surface area contributed by atoms with E-state index in [2.05, 4.69) is 52.7 Å². The number of benzene rings is 2. The van der Waals surface area contributed by atoms with Crippen molar-refractivity contribution < 1.29 is 14.3 Å². The van der Waals surface area contributed by atoms with Crippen LogP contribution in [-0.2, 0) is 16.1 Å². The lowest BCUT2D eigenvalue weighted by Crippen LogP contribution is -2.50. The van der Waals surface area contributed by atoms with Crippen LogP contribution in [-0.4, -0.2) is 77.5 Å². The van der Waals surface area contributed by atoms with E-state index >= 15 is 0 Å². The number of amides is 2. The Balaban J connectivity index is 1.11. The summed E-state index contributed by atoms with van der Waals surface area (Å²) in [7, 11) is 0. The van der Waals surface area contributed by atoms with Crippen molar-refractivity contribution in [3.63, 3.8) is 0 Å². The van der Waals surface area contributed by atoms with Gasteiger partial charge < -0.3 is 15.4 Å². The van der Waals surface area contributed by atoms with Gasteiger partial charge in [0.2, 0.25) is 5.91 Å². The second-order valence-corrected chi connectivity index (χ2v) is 13.4. The molecule has 0 radical (unpaired) electrons. The maximum absolute atomic E-state index is 13.6. The van der Waals surface area contributed by atoms with Gasteiger partial charge in [-0.15, -0.1) is 0 Å². The van der Waals surface area contributed by atoms with E-state index in [0.29, 0.717) is 38.4 Å². The zero-order valence-corrected chi connectivity index (χ0v) is 26.6. The predicted molar refractivity (Wildman–Crippen MR) is 176 cm³/mol. The Morgan fingerprint density at radius 2 is 1.78 bits per heavy atom. The van der Waals surface area contributed by atoms with Crippen molar-refractivity contribution in [2.45, 2.75) is 70.6 Å². The van der Waals surface area contributed by atoms with Crippen LogP contribution in [0.3, 0.4) is 0 Å². The maximum atomic E-state index is 13.6. The molecule has 0 aliphatic carbocycles. The molecule has 0 spiro atoms. The van der Waals surface area contributed by atoms with Crippen molar-refractivity contribution in [3.8, 4) is 11.1 Å². The highest BCUT2D eigenvalue weighted by molar-refractivity contribution is 5.92. The van der Waals surface area contributed by atoms with E-state index in [9.17, 15) is 9.59 Å². The molecule has 0 bridgehead atoms. The van der Waals surface area contributed by atoms with Crippen LogP contribution < -0.4 is 5.73 Å². The largest absolute Gasteiger partial charge is 0.444 e. The third kappa shape index (κ3) is 5.77. The minimum Gasteiger partial charge on any atom is -0.444 e. The summed E-state index contributed by atoms with van der Waals surface area (Å²) >= 11 is 0. The summed E-state index contributed by atoms with van der Waals surface area (Å²) in [5.74, 6) is 0.607. The fourth-order valence-electron chi connectivity index (χ4n) is 6.86. The van der Waals surface area contributed by atoms with Gasteiger partial charge in [-0.1, -0.05) is 42.5 Å². The van der Waals surface area contributed by atoms with Crippen LogP contribution in [0.25, 0.3) is 27.5 Å². The molecular formula is C35H40N8O3. The Bertz CT molecular complexity index is 1900. The van der Waals surface area contributed by atoms with E-state index in [4.69, 9.17) is 15.6 Å². The molecule has 0 unspecified atom stereocenters. The van der Waals surface area contributed by atoms with E-state index in [1.807, 2.05) is 53.1 Å². The highest BCUT2D eigenvalue weighted by atomic mass is 16.6. The Hall–Kier alpha value is -4.93. The van der Waals surface area contributed by atoms with Crippen LogP contribution in [0.15, 0.2) is 67.1 Å². The van der Waals surface area contributed by atoms with Crippen LogP contribution in [0.1, 0.15) is 63.6 Å². The molecule has 5 aromatic rings. The zero-order valence-electron chi connectivity index (χ0n) is 26.6. The molecule has 7 rings (SSSR count). The number of piperidine rings is 1. The quantitative estimate of drug-likeness (QED) is 0.276. The predicted octanol–water partition coefficient (Wildman–Crippen LogP) is 5.48. The summed E-state index contributed by atoms with van der Waals surface area (Å²) in [6.45, 7) is 7.99. The second-order valence-electron chi connectivity index (χ2n) is 13.4. The first kappa shape index (κ1) is 29.8. The third-order valence-corrected chi connectivity index (χ3v) is 9.05. The van der Waals surface area contributed by atoms with Gasteiger partial charge in [-0.25, -0.2) is 14.3 Å². The highest BCUT2D eigenvalue weighted by Crippen LogP contribution is 2.38. The van der Waals surface area contributed by atoms with Gasteiger partial charge in [-0.3, -0.25) is 14.4 Å². The van der Waals surface area contributed by atoms with Crippen molar-refractivity contribution in [1.82, 2.24) is 34.2 Å². The first-order valence-corrected chi connectivity index (χ1v) is 16.1. The summed E-state index contributed by atoms with van der Waals surface area (Å²) in [5, 5.41) is 10.5. The van der Waals surface area contributed by atoms with Crippen molar-refractivity contribution in [2.24, 2.45) is 0 Å². The first-order chi connectivity index (χ1) is 22.1. The van der Waals surface area contributed by atoms with Gasteiger partial charge in [-0.05, 0) is 69.7 Å². The molecule has 1 atom stereocenters. The molecular weight excluding hydrogens is 580 g/mol. The smallest absolute Gasteiger partial charge is 0.410 e. The van der Waals surface area contributed by atoms with Crippen molar-refractivity contribution >= 4 is 34.2 Å². The molecule has 3 aromatic heterocycles. The summed E-state index contributed by atoms with van der Waals surface area (Å²) in [6, 6.07) is 18.3. The monoisotopic (exact) mass is 620 g/mol. The Kier molecular flexibility index (Phi) is 7.62. The number of anilines is 1. The van der Waals surface area contributed by atoms with Gasteiger partial charge in [0.25, 0.3) is 0 Å². The number of hydrogen-bond donors (Lipinski definition) is 1. The Labute approximate surface area is 267 Å². The molecule has 5 heterocycles. The van der Waals surface area contributed by atoms with Gasteiger partial charge in [0.15, 0.2) is 5.82 Å². The number of nitrogens with two attached hydrogens (primary N) is 1. The fraction of sp³-hybridized carbons (Fsp3) is 0.400. The van der Waals surface area contributed by atoms with Gasteiger partial charge in [0.05, 0.1) is 12.1 Å². The number of aromatic nitrogens is 5. The number of fused-ring (bicyclic) bond motifs is 2. The fourth-order valence-corrected chi connectivity index (χ4v) is 6.86. The molecule has 238 valence electrons. The van der Waals surface area contributed by atoms with E-state index in [1.54, 1.807) is 4.90 Å². The molecule has 2 aromatic carbocycles. The number of hydrogen-bond acceptors (Lipinski definition) is 7. The molecule has 2 amide bonds. The third-order valence-electron chi connectivity index (χ3n) is 9.05. The van der Waals surface area contributed by atoms with E-state index < -0.39 is 17.7 Å². The van der Waals surface area contributed by atoms with Crippen LogP contribution in [0.2, 0.25) is 0 Å². The standard InChI is InChI=1S/C35H40N8O3/c1-35(2,3)46-34(45)42-15-7-10-29(42)33(44)40-16-13-24(14-17-40)30-19-27(31-32(36)37-22-38-43(30)31)25-11-12-26-21-41(39-28(26)18-25)20-23-8-5-4-6-9-23/h4-6,8-9,11-12,18-19,21-22,24,29H,7,10,13-17,20H2,1-3H3,(H2,36,37,38)/t29-/m0/s1. The average molecular weight is 621 g/mol. The number of carbonyl (C=O) groups is 2. The van der Waals surface area contributed by atoms with Crippen molar-refractivity contribution in [2.75, 3.05) is 25.4 Å². The SMILES string of the molecule is CC(C)(C)OC(=O)N1CCC[C@H]1C(=O)N1CCC(c2cc(-c3ccc4cn(Cc5ccccc5)nc4c3)c3c(N)ncnn23)CC1. The van der Waals surface area contributed by atoms with Crippen molar-refractivity contribution in [3.05, 3.63) is 78.4 Å². The van der Waals surface area contributed by atoms with Crippen LogP contribution >= 0.6 is 0 Å². The van der Waals surface area contributed by atoms with E-state index in [-0.39, 0.29) is 11.8 Å². The summed E-state index contributed by atoms with van der Waals surface area (Å²) < 4.78 is 9.47. The maximum Gasteiger partial charge on any atom is 0.410 e. The van der Waals surface area contributed by atoms with E-state index in [1.165, 1.54) is 11.9 Å². The molecule has 46 heavy (non-hydrogen) atoms. The number of nitrogen functional groups attached to an aromatic ring is 1. The second kappa shape index (κ2) is 11.8. The number of carbonyl (C=O) groups excluding carboxylic acids is 2. The number of likely N-dealkylation sites (tertiary alicyclic amines) is 2. The Morgan fingerprint density at radius 1 is 1.00 bits per heavy atom. The van der Waals surface area contributed by atoms with E-state index in [0.717, 1.165) is 52.5 Å². The van der Waals surface area contributed by atoms with Gasteiger partial charge in [0.1, 0.15) is 23.5 Å². The molecule has 2 aliphatic heterocycles.